The average Bonchev–Trinajstić information content (AvgIpc) is 2.32. The highest BCUT2D eigenvalue weighted by molar-refractivity contribution is 9.10. The molecule has 2 N–H and O–H groups in total. The lowest BCUT2D eigenvalue weighted by Crippen LogP contribution is -1.97. The van der Waals surface area contributed by atoms with E-state index in [1.807, 2.05) is 30.3 Å². The van der Waals surface area contributed by atoms with E-state index in [2.05, 4.69) is 40.0 Å². The number of rotatable bonds is 1. The minimum Gasteiger partial charge on any atom is -0.325 e. The van der Waals surface area contributed by atoms with Gasteiger partial charge in [-0.1, -0.05) is 35.9 Å². The van der Waals surface area contributed by atoms with Crippen molar-refractivity contribution < 1.29 is 0 Å². The lowest BCUT2D eigenvalue weighted by molar-refractivity contribution is 0.988. The molecule has 0 fully saturated rings. The Bertz CT molecular complexity index is 398. The van der Waals surface area contributed by atoms with Gasteiger partial charge in [0.15, 0.2) is 0 Å². The Kier molecular flexibility index (Phi) is 5.75. The van der Waals surface area contributed by atoms with Gasteiger partial charge in [0.2, 0.25) is 0 Å². The third kappa shape index (κ3) is 5.05. The second-order valence-corrected chi connectivity index (χ2v) is 4.24. The molecule has 0 unspecified atom stereocenters. The quantitative estimate of drug-likeness (QED) is 0.869. The van der Waals surface area contributed by atoms with Crippen LogP contribution in [0, 0.1) is 6.92 Å². The molecule has 0 aliphatic carbocycles. The Morgan fingerprint density at radius 1 is 1.12 bits per heavy atom. The van der Waals surface area contributed by atoms with Crippen molar-refractivity contribution in [2.45, 2.75) is 13.5 Å². The van der Waals surface area contributed by atoms with Crippen molar-refractivity contribution >= 4 is 15.9 Å². The molecule has 3 heteroatoms. The van der Waals surface area contributed by atoms with Crippen molar-refractivity contribution in [3.8, 4) is 0 Å². The summed E-state index contributed by atoms with van der Waals surface area (Å²) >= 11 is 3.27. The van der Waals surface area contributed by atoms with Crippen LogP contribution in [0.15, 0.2) is 53.1 Å². The fourth-order valence-corrected chi connectivity index (χ4v) is 1.30. The largest absolute Gasteiger partial charge is 0.325 e. The first kappa shape index (κ1) is 12.9. The van der Waals surface area contributed by atoms with Crippen LogP contribution in [-0.2, 0) is 6.54 Å². The van der Waals surface area contributed by atoms with E-state index in [4.69, 9.17) is 5.73 Å². The third-order valence-corrected chi connectivity index (χ3v) is 2.41. The summed E-state index contributed by atoms with van der Waals surface area (Å²) in [4.78, 5) is 4.02. The minimum absolute atomic E-state index is 0.507. The van der Waals surface area contributed by atoms with Crippen molar-refractivity contribution in [1.82, 2.24) is 4.98 Å². The second-order valence-electron chi connectivity index (χ2n) is 3.33. The number of hydrogen-bond acceptors (Lipinski definition) is 2. The van der Waals surface area contributed by atoms with Gasteiger partial charge in [-0.15, -0.1) is 0 Å². The lowest BCUT2D eigenvalue weighted by atomic mass is 10.2. The van der Waals surface area contributed by atoms with Gasteiger partial charge in [0.05, 0.1) is 5.69 Å². The first-order valence-corrected chi connectivity index (χ1v) is 5.84. The summed E-state index contributed by atoms with van der Waals surface area (Å²) in [6, 6.07) is 14.1. The number of aromatic nitrogens is 1. The molecule has 0 aliphatic rings. The Morgan fingerprint density at radius 2 is 1.81 bits per heavy atom. The molecule has 0 atom stereocenters. The zero-order valence-corrected chi connectivity index (χ0v) is 10.8. The fourth-order valence-electron chi connectivity index (χ4n) is 1.06. The maximum atomic E-state index is 5.32. The van der Waals surface area contributed by atoms with Gasteiger partial charge in [0, 0.05) is 17.2 Å². The van der Waals surface area contributed by atoms with Crippen molar-refractivity contribution in [1.29, 1.82) is 0 Å². The summed E-state index contributed by atoms with van der Waals surface area (Å²) in [5, 5.41) is 0. The first-order valence-electron chi connectivity index (χ1n) is 5.04. The van der Waals surface area contributed by atoms with Gasteiger partial charge < -0.3 is 5.73 Å². The molecule has 84 valence electrons. The molecule has 0 saturated carbocycles. The number of nitrogens with two attached hydrogens (primary N) is 1. The highest BCUT2D eigenvalue weighted by atomic mass is 79.9. The Hall–Kier alpha value is -1.19. The van der Waals surface area contributed by atoms with Crippen molar-refractivity contribution in [3.63, 3.8) is 0 Å². The highest BCUT2D eigenvalue weighted by Crippen LogP contribution is 2.06. The Morgan fingerprint density at radius 3 is 2.19 bits per heavy atom. The van der Waals surface area contributed by atoms with E-state index in [-0.39, 0.29) is 0 Å². The number of nitrogens with zero attached hydrogens (tertiary/aromatic N) is 1. The predicted octanol–water partition coefficient (Wildman–Crippen LogP) is 3.30. The molecular weight excluding hydrogens is 264 g/mol. The number of pyridine rings is 1. The van der Waals surface area contributed by atoms with Crippen molar-refractivity contribution in [2.24, 2.45) is 5.73 Å². The van der Waals surface area contributed by atoms with E-state index in [9.17, 15) is 0 Å². The molecule has 2 rings (SSSR count). The minimum atomic E-state index is 0.507. The van der Waals surface area contributed by atoms with E-state index >= 15 is 0 Å². The summed E-state index contributed by atoms with van der Waals surface area (Å²) in [6.45, 7) is 2.59. The van der Waals surface area contributed by atoms with Crippen molar-refractivity contribution in [3.05, 3.63) is 64.4 Å². The van der Waals surface area contributed by atoms with Crippen LogP contribution in [0.5, 0.6) is 0 Å². The molecule has 0 radical (unpaired) electrons. The van der Waals surface area contributed by atoms with Crippen LogP contribution in [-0.4, -0.2) is 4.98 Å². The van der Waals surface area contributed by atoms with E-state index in [1.165, 1.54) is 5.56 Å². The average molecular weight is 279 g/mol. The molecule has 1 aromatic carbocycles. The van der Waals surface area contributed by atoms with Gasteiger partial charge >= 0.3 is 0 Å². The Balaban J connectivity index is 0.000000165. The normalized spacial score (nSPS) is 9.19. The summed E-state index contributed by atoms with van der Waals surface area (Å²) in [6.07, 6.45) is 1.74. The van der Waals surface area contributed by atoms with E-state index in [1.54, 1.807) is 6.20 Å². The summed E-state index contributed by atoms with van der Waals surface area (Å²) in [7, 11) is 0. The molecule has 16 heavy (non-hydrogen) atoms. The maximum Gasteiger partial charge on any atom is 0.0540 e. The van der Waals surface area contributed by atoms with E-state index in [0.717, 1.165) is 10.2 Å². The standard InChI is InChI=1S/C7H8.C6H7BrN2/c1-7-5-3-2-4-6-7;7-5-1-2-6(3-8)9-4-5/h2-6H,1H3;1-2,4H,3,8H2. The monoisotopic (exact) mass is 278 g/mol. The molecule has 2 nitrogen and oxygen atoms in total. The molecule has 0 bridgehead atoms. The summed E-state index contributed by atoms with van der Waals surface area (Å²) in [5.41, 5.74) is 7.56. The number of hydrogen-bond donors (Lipinski definition) is 1. The molecule has 1 aromatic heterocycles. The predicted molar refractivity (Wildman–Crippen MR) is 71.0 cm³/mol. The van der Waals surface area contributed by atoms with Gasteiger partial charge in [-0.25, -0.2) is 0 Å². The molecule has 0 amide bonds. The number of halogens is 1. The van der Waals surface area contributed by atoms with Gasteiger partial charge in [-0.05, 0) is 35.0 Å². The number of aryl methyl sites for hydroxylation is 1. The van der Waals surface area contributed by atoms with Gasteiger partial charge in [-0.2, -0.15) is 0 Å². The topological polar surface area (TPSA) is 38.9 Å². The van der Waals surface area contributed by atoms with Crippen LogP contribution in [0.25, 0.3) is 0 Å². The van der Waals surface area contributed by atoms with Crippen LogP contribution < -0.4 is 5.73 Å². The lowest BCUT2D eigenvalue weighted by Gasteiger charge is -1.92. The van der Waals surface area contributed by atoms with Crippen LogP contribution in [0.3, 0.4) is 0 Å². The smallest absolute Gasteiger partial charge is 0.0540 e. The maximum absolute atomic E-state index is 5.32. The van der Waals surface area contributed by atoms with Gasteiger partial charge in [0.1, 0.15) is 0 Å². The molecule has 2 aromatic rings. The van der Waals surface area contributed by atoms with Crippen LogP contribution in [0.4, 0.5) is 0 Å². The highest BCUT2D eigenvalue weighted by Gasteiger charge is 1.87. The number of benzene rings is 1. The van der Waals surface area contributed by atoms with E-state index in [0.29, 0.717) is 6.54 Å². The van der Waals surface area contributed by atoms with Crippen LogP contribution in [0.1, 0.15) is 11.3 Å². The molecular formula is C13H15BrN2. The fraction of sp³-hybridized carbons (Fsp3) is 0.154. The van der Waals surface area contributed by atoms with Crippen molar-refractivity contribution in [2.75, 3.05) is 0 Å². The van der Waals surface area contributed by atoms with Crippen LogP contribution in [0.2, 0.25) is 0 Å². The zero-order valence-electron chi connectivity index (χ0n) is 9.23. The molecule has 0 spiro atoms. The second kappa shape index (κ2) is 7.14. The summed E-state index contributed by atoms with van der Waals surface area (Å²) < 4.78 is 0.986. The molecule has 1 heterocycles. The zero-order chi connectivity index (χ0) is 11.8. The molecule has 0 aliphatic heterocycles. The Labute approximate surface area is 105 Å². The SMILES string of the molecule is Cc1ccccc1.NCc1ccc(Br)cn1. The van der Waals surface area contributed by atoms with E-state index < -0.39 is 0 Å². The summed E-state index contributed by atoms with van der Waals surface area (Å²) in [5.74, 6) is 0. The van der Waals surface area contributed by atoms with Gasteiger partial charge in [-0.3, -0.25) is 4.98 Å². The van der Waals surface area contributed by atoms with Gasteiger partial charge in [0.25, 0.3) is 0 Å². The first-order chi connectivity index (χ1) is 7.72. The van der Waals surface area contributed by atoms with Crippen LogP contribution >= 0.6 is 15.9 Å². The molecule has 0 saturated heterocycles. The third-order valence-electron chi connectivity index (χ3n) is 1.94.